The van der Waals surface area contributed by atoms with Crippen LogP contribution < -0.4 is 0 Å². The average Bonchev–Trinajstić information content (AvgIpc) is 1.94. The molecule has 0 unspecified atom stereocenters. The SMILES string of the molecule is FC(F)c1cccc(Cl)c1Cl. The lowest BCUT2D eigenvalue weighted by Crippen LogP contribution is -1.85. The Labute approximate surface area is 72.7 Å². The van der Waals surface area contributed by atoms with Gasteiger partial charge in [0.25, 0.3) is 6.43 Å². The molecule has 0 radical (unpaired) electrons. The molecule has 4 heteroatoms. The predicted molar refractivity (Wildman–Crippen MR) is 41.4 cm³/mol. The van der Waals surface area contributed by atoms with E-state index in [0.717, 1.165) is 0 Å². The standard InChI is InChI=1S/C7H4Cl2F2/c8-5-3-1-2-4(6(5)9)7(10)11/h1-3,7H. The van der Waals surface area contributed by atoms with Gasteiger partial charge in [-0.25, -0.2) is 8.78 Å². The van der Waals surface area contributed by atoms with Crippen LogP contribution in [0.3, 0.4) is 0 Å². The van der Waals surface area contributed by atoms with Crippen molar-refractivity contribution in [3.63, 3.8) is 0 Å². The van der Waals surface area contributed by atoms with Gasteiger partial charge in [-0.2, -0.15) is 0 Å². The normalized spacial score (nSPS) is 10.6. The number of hydrogen-bond acceptors (Lipinski definition) is 0. The molecule has 0 spiro atoms. The maximum atomic E-state index is 12.1. The molecule has 11 heavy (non-hydrogen) atoms. The first kappa shape index (κ1) is 8.75. The van der Waals surface area contributed by atoms with E-state index in [1.54, 1.807) is 0 Å². The van der Waals surface area contributed by atoms with E-state index in [1.165, 1.54) is 18.2 Å². The minimum absolute atomic E-state index is 0.0656. The van der Waals surface area contributed by atoms with Crippen LogP contribution in [0.15, 0.2) is 18.2 Å². The molecule has 60 valence electrons. The first-order chi connectivity index (χ1) is 5.13. The third-order valence-corrected chi connectivity index (χ3v) is 2.05. The Bertz CT molecular complexity index is 261. The van der Waals surface area contributed by atoms with E-state index >= 15 is 0 Å². The fourth-order valence-corrected chi connectivity index (χ4v) is 1.08. The highest BCUT2D eigenvalue weighted by Crippen LogP contribution is 2.31. The summed E-state index contributed by atoms with van der Waals surface area (Å²) < 4.78 is 24.1. The maximum Gasteiger partial charge on any atom is 0.265 e. The summed E-state index contributed by atoms with van der Waals surface area (Å²) in [5.41, 5.74) is -0.223. The summed E-state index contributed by atoms with van der Waals surface area (Å²) in [5, 5.41) is 0.0913. The van der Waals surface area contributed by atoms with Crippen molar-refractivity contribution in [3.05, 3.63) is 33.8 Å². The molecule has 0 saturated heterocycles. The number of benzene rings is 1. The van der Waals surface area contributed by atoms with Gasteiger partial charge in [-0.05, 0) is 6.07 Å². The summed E-state index contributed by atoms with van der Waals surface area (Å²) >= 11 is 11.0. The van der Waals surface area contributed by atoms with E-state index in [9.17, 15) is 8.78 Å². The second kappa shape index (κ2) is 3.37. The first-order valence-corrected chi connectivity index (χ1v) is 3.60. The summed E-state index contributed by atoms with van der Waals surface area (Å²) in [4.78, 5) is 0. The Morgan fingerprint density at radius 3 is 2.27 bits per heavy atom. The molecule has 0 nitrogen and oxygen atoms in total. The van der Waals surface area contributed by atoms with Crippen molar-refractivity contribution >= 4 is 23.2 Å². The van der Waals surface area contributed by atoms with Crippen LogP contribution in [0.4, 0.5) is 8.78 Å². The Kier molecular flexibility index (Phi) is 2.68. The Morgan fingerprint density at radius 1 is 1.18 bits per heavy atom. The molecule has 0 bridgehead atoms. The van der Waals surface area contributed by atoms with Crippen LogP contribution in [0, 0.1) is 0 Å². The third kappa shape index (κ3) is 1.82. The van der Waals surface area contributed by atoms with Crippen molar-refractivity contribution in [1.82, 2.24) is 0 Å². The summed E-state index contributed by atoms with van der Waals surface area (Å²) in [6.07, 6.45) is -2.57. The largest absolute Gasteiger partial charge is 0.265 e. The van der Waals surface area contributed by atoms with Gasteiger partial charge in [-0.3, -0.25) is 0 Å². The first-order valence-electron chi connectivity index (χ1n) is 2.85. The maximum absolute atomic E-state index is 12.1. The van der Waals surface area contributed by atoms with E-state index in [4.69, 9.17) is 23.2 Å². The molecule has 0 saturated carbocycles. The van der Waals surface area contributed by atoms with Crippen LogP contribution in [0.2, 0.25) is 10.0 Å². The number of rotatable bonds is 1. The van der Waals surface area contributed by atoms with Gasteiger partial charge in [0.15, 0.2) is 0 Å². The van der Waals surface area contributed by atoms with Crippen molar-refractivity contribution in [2.24, 2.45) is 0 Å². The minimum Gasteiger partial charge on any atom is -0.205 e. The molecular formula is C7H4Cl2F2. The van der Waals surface area contributed by atoms with Gasteiger partial charge in [0.1, 0.15) is 0 Å². The highest BCUT2D eigenvalue weighted by molar-refractivity contribution is 6.42. The molecule has 0 atom stereocenters. The lowest BCUT2D eigenvalue weighted by atomic mass is 10.2. The molecule has 0 aliphatic heterocycles. The molecule has 0 N–H and O–H groups in total. The molecule has 0 heterocycles. The lowest BCUT2D eigenvalue weighted by Gasteiger charge is -2.02. The summed E-state index contributed by atoms with van der Waals surface area (Å²) in [7, 11) is 0. The molecular weight excluding hydrogens is 193 g/mol. The summed E-state index contributed by atoms with van der Waals surface area (Å²) in [6, 6.07) is 4.16. The molecule has 1 aromatic carbocycles. The van der Waals surface area contributed by atoms with Gasteiger partial charge < -0.3 is 0 Å². The Morgan fingerprint density at radius 2 is 1.82 bits per heavy atom. The zero-order valence-electron chi connectivity index (χ0n) is 5.32. The quantitative estimate of drug-likeness (QED) is 0.639. The van der Waals surface area contributed by atoms with Crippen LogP contribution in [0.1, 0.15) is 12.0 Å². The number of halogens is 4. The van der Waals surface area contributed by atoms with Crippen molar-refractivity contribution in [2.75, 3.05) is 0 Å². The molecule has 0 aromatic heterocycles. The van der Waals surface area contributed by atoms with Crippen LogP contribution in [0.5, 0.6) is 0 Å². The van der Waals surface area contributed by atoms with Crippen molar-refractivity contribution in [2.45, 2.75) is 6.43 Å². The molecule has 1 aromatic rings. The lowest BCUT2D eigenvalue weighted by molar-refractivity contribution is 0.151. The zero-order valence-corrected chi connectivity index (χ0v) is 6.83. The topological polar surface area (TPSA) is 0 Å². The van der Waals surface area contributed by atoms with E-state index in [1.807, 2.05) is 0 Å². The van der Waals surface area contributed by atoms with E-state index in [-0.39, 0.29) is 15.6 Å². The predicted octanol–water partition coefficient (Wildman–Crippen LogP) is 3.93. The van der Waals surface area contributed by atoms with Crippen molar-refractivity contribution in [1.29, 1.82) is 0 Å². The van der Waals surface area contributed by atoms with Gasteiger partial charge in [0, 0.05) is 5.56 Å². The van der Waals surface area contributed by atoms with Crippen LogP contribution in [-0.4, -0.2) is 0 Å². The average molecular weight is 197 g/mol. The zero-order chi connectivity index (χ0) is 8.43. The second-order valence-corrected chi connectivity index (χ2v) is 2.73. The molecule has 0 amide bonds. The molecule has 1 rings (SSSR count). The number of hydrogen-bond donors (Lipinski definition) is 0. The fraction of sp³-hybridized carbons (Fsp3) is 0.143. The molecule has 0 aliphatic rings. The fourth-order valence-electron chi connectivity index (χ4n) is 0.689. The Balaban J connectivity index is 3.17. The van der Waals surface area contributed by atoms with Gasteiger partial charge >= 0.3 is 0 Å². The molecule has 0 fully saturated rings. The van der Waals surface area contributed by atoms with Gasteiger partial charge in [-0.1, -0.05) is 35.3 Å². The van der Waals surface area contributed by atoms with Gasteiger partial charge in [0.2, 0.25) is 0 Å². The highest BCUT2D eigenvalue weighted by atomic mass is 35.5. The van der Waals surface area contributed by atoms with Crippen molar-refractivity contribution < 1.29 is 8.78 Å². The van der Waals surface area contributed by atoms with Gasteiger partial charge in [0.05, 0.1) is 10.0 Å². The van der Waals surface area contributed by atoms with E-state index in [2.05, 4.69) is 0 Å². The van der Waals surface area contributed by atoms with Crippen LogP contribution in [0.25, 0.3) is 0 Å². The number of alkyl halides is 2. The minimum atomic E-state index is -2.57. The van der Waals surface area contributed by atoms with Crippen molar-refractivity contribution in [3.8, 4) is 0 Å². The second-order valence-electron chi connectivity index (χ2n) is 1.94. The summed E-state index contributed by atoms with van der Waals surface area (Å²) in [6.45, 7) is 0. The highest BCUT2D eigenvalue weighted by Gasteiger charge is 2.12. The van der Waals surface area contributed by atoms with E-state index in [0.29, 0.717) is 0 Å². The smallest absolute Gasteiger partial charge is 0.205 e. The monoisotopic (exact) mass is 196 g/mol. The third-order valence-electron chi connectivity index (χ3n) is 1.22. The van der Waals surface area contributed by atoms with E-state index < -0.39 is 6.43 Å². The molecule has 0 aliphatic carbocycles. The van der Waals surface area contributed by atoms with Gasteiger partial charge in [-0.15, -0.1) is 0 Å². The van der Waals surface area contributed by atoms with Crippen LogP contribution >= 0.6 is 23.2 Å². The Hall–Kier alpha value is -0.340. The van der Waals surface area contributed by atoms with Crippen LogP contribution in [-0.2, 0) is 0 Å². The summed E-state index contributed by atoms with van der Waals surface area (Å²) in [5.74, 6) is 0.